The van der Waals surface area contributed by atoms with Gasteiger partial charge in [-0.2, -0.15) is 0 Å². The van der Waals surface area contributed by atoms with Crippen molar-refractivity contribution in [3.8, 4) is 33.4 Å². The summed E-state index contributed by atoms with van der Waals surface area (Å²) in [5, 5.41) is 5.90. The van der Waals surface area contributed by atoms with Gasteiger partial charge in [0.05, 0.1) is 8.22 Å². The van der Waals surface area contributed by atoms with Gasteiger partial charge >= 0.3 is 0 Å². The monoisotopic (exact) mass is 686 g/mol. The maximum absolute atomic E-state index is 9.12. The molecule has 0 radical (unpaired) electrons. The minimum Gasteiger partial charge on any atom is -0.455 e. The van der Waals surface area contributed by atoms with Crippen LogP contribution in [0.1, 0.15) is 51.8 Å². The summed E-state index contributed by atoms with van der Waals surface area (Å²) in [6.45, 7) is 0. The molecule has 4 saturated carbocycles. The number of furan rings is 1. The van der Waals surface area contributed by atoms with Crippen LogP contribution in [0.15, 0.2) is 156 Å². The molecule has 1 heteroatoms. The molecule has 0 amide bonds. The average molecular weight is 687 g/mol. The summed E-state index contributed by atoms with van der Waals surface area (Å²) >= 11 is 0. The Morgan fingerprint density at radius 3 is 1.57 bits per heavy atom. The summed E-state index contributed by atoms with van der Waals surface area (Å²) in [5.74, 6) is 4.37. The van der Waals surface area contributed by atoms with Crippen molar-refractivity contribution >= 4 is 54.3 Å². The molecule has 254 valence electrons. The lowest BCUT2D eigenvalue weighted by molar-refractivity contribution is -0.00277. The van der Waals surface area contributed by atoms with Gasteiger partial charge in [-0.3, -0.25) is 0 Å². The quantitative estimate of drug-likeness (QED) is 0.168. The highest BCUT2D eigenvalue weighted by Crippen LogP contribution is 2.60. The Bertz CT molecular complexity index is 3150. The van der Waals surface area contributed by atoms with Crippen molar-refractivity contribution in [2.75, 3.05) is 0 Å². The van der Waals surface area contributed by atoms with E-state index in [1.54, 1.807) is 0 Å². The van der Waals surface area contributed by atoms with Crippen molar-refractivity contribution in [3.63, 3.8) is 0 Å². The highest BCUT2D eigenvalue weighted by Gasteiger charge is 2.48. The molecule has 0 atom stereocenters. The van der Waals surface area contributed by atoms with Crippen LogP contribution in [0.2, 0.25) is 0 Å². The molecule has 13 rings (SSSR count). The van der Waals surface area contributed by atoms with Crippen LogP contribution in [0.5, 0.6) is 0 Å². The molecule has 1 aromatic heterocycles. The molecule has 4 aliphatic rings. The summed E-state index contributed by atoms with van der Waals surface area (Å²) in [6.07, 6.45) is 7.18. The minimum absolute atomic E-state index is 0.00133. The van der Waals surface area contributed by atoms with Crippen molar-refractivity contribution in [2.24, 2.45) is 23.7 Å². The topological polar surface area (TPSA) is 13.1 Å². The second kappa shape index (κ2) is 11.4. The summed E-state index contributed by atoms with van der Waals surface area (Å²) < 4.78 is 58.1. The number of rotatable bonds is 4. The van der Waals surface area contributed by atoms with E-state index in [9.17, 15) is 0 Å². The van der Waals surface area contributed by atoms with E-state index in [1.807, 2.05) is 18.2 Å². The first kappa shape index (κ1) is 24.6. The van der Waals surface area contributed by atoms with Crippen LogP contribution in [-0.2, 0) is 0 Å². The van der Waals surface area contributed by atoms with Gasteiger partial charge in [-0.05, 0) is 139 Å². The van der Waals surface area contributed by atoms with Crippen LogP contribution >= 0.6 is 0 Å². The fourth-order valence-corrected chi connectivity index (χ4v) is 11.2. The summed E-state index contributed by atoms with van der Waals surface area (Å²) in [4.78, 5) is 0. The van der Waals surface area contributed by atoms with E-state index in [0.29, 0.717) is 22.3 Å². The highest BCUT2D eigenvalue weighted by atomic mass is 16.3. The van der Waals surface area contributed by atoms with E-state index in [2.05, 4.69) is 97.1 Å². The predicted octanol–water partition coefficient (Wildman–Crippen LogP) is 14.6. The summed E-state index contributed by atoms with van der Waals surface area (Å²) in [5.41, 5.74) is 8.71. The molecule has 1 heterocycles. The number of fused-ring (bicyclic) bond motifs is 6. The van der Waals surface area contributed by atoms with Crippen LogP contribution in [0.25, 0.3) is 87.6 Å². The zero-order valence-corrected chi connectivity index (χ0v) is 29.3. The Labute approximate surface area is 318 Å². The second-order valence-corrected chi connectivity index (χ2v) is 16.0. The van der Waals surface area contributed by atoms with Crippen LogP contribution in [0, 0.1) is 23.7 Å². The van der Waals surface area contributed by atoms with Gasteiger partial charge in [-0.1, -0.05) is 139 Å². The lowest BCUT2D eigenvalue weighted by Gasteiger charge is -2.54. The Morgan fingerprint density at radius 1 is 0.472 bits per heavy atom. The van der Waals surface area contributed by atoms with Gasteiger partial charge in [0.1, 0.15) is 11.2 Å². The number of hydrogen-bond acceptors (Lipinski definition) is 1. The largest absolute Gasteiger partial charge is 0.455 e. The molecule has 0 saturated heterocycles. The maximum Gasteiger partial charge on any atom is 0.143 e. The lowest BCUT2D eigenvalue weighted by Crippen LogP contribution is -2.43. The molecule has 0 spiro atoms. The van der Waals surface area contributed by atoms with Crippen molar-refractivity contribution < 1.29 is 12.6 Å². The zero-order valence-electron chi connectivity index (χ0n) is 35.3. The van der Waals surface area contributed by atoms with E-state index >= 15 is 0 Å². The Kier molecular flexibility index (Phi) is 5.29. The van der Waals surface area contributed by atoms with Gasteiger partial charge in [-0.15, -0.1) is 0 Å². The first-order valence-corrected chi connectivity index (χ1v) is 19.2. The van der Waals surface area contributed by atoms with Gasteiger partial charge in [0.25, 0.3) is 0 Å². The molecule has 9 aromatic rings. The third-order valence-corrected chi connectivity index (χ3v) is 13.1. The van der Waals surface area contributed by atoms with Gasteiger partial charge in [-0.25, -0.2) is 0 Å². The molecule has 0 unspecified atom stereocenters. The van der Waals surface area contributed by atoms with E-state index < -0.39 is 12.1 Å². The second-order valence-electron chi connectivity index (χ2n) is 16.0. The van der Waals surface area contributed by atoms with E-state index in [4.69, 9.17) is 12.6 Å². The normalized spacial score (nSPS) is 23.7. The van der Waals surface area contributed by atoms with Crippen molar-refractivity contribution in [1.82, 2.24) is 0 Å². The predicted molar refractivity (Wildman–Crippen MR) is 222 cm³/mol. The smallest absolute Gasteiger partial charge is 0.143 e. The van der Waals surface area contributed by atoms with Crippen molar-refractivity contribution in [3.05, 3.63) is 157 Å². The third kappa shape index (κ3) is 4.56. The molecule has 4 fully saturated rings. The fraction of sp³-hybridized carbons (Fsp3) is 0.192. The van der Waals surface area contributed by atoms with Crippen LogP contribution in [0.3, 0.4) is 0 Å². The van der Waals surface area contributed by atoms with Gasteiger partial charge in [0.15, 0.2) is 0 Å². The van der Waals surface area contributed by atoms with E-state index in [0.717, 1.165) is 40.4 Å². The number of para-hydroxylation sites is 1. The molecule has 53 heavy (non-hydrogen) atoms. The SMILES string of the molecule is [2H]c1c([2H])c([2H])c2c([2H])c3c(oc4c(-c5ccc(-c6c7ccccc7c(-c7ccc(C8C9CC%10CC(C9)CC8C%10)cc7)c7ccccc67)cc5)cccc43)c([2H])c2c1[2H]. The molecule has 0 N–H and O–H groups in total. The molecule has 8 aromatic carbocycles. The standard InChI is InChI=1S/C52H40O/c1-2-9-38-30-48-47(29-37(38)8-1)46-15-7-14-41(52(46)53-48)33-16-18-35(19-17-33)50-42-10-3-5-12-44(42)51(45-13-6-4-11-43(45)50)36-22-20-34(21-23-36)49-39-25-31-24-32(27-39)28-40(49)26-31/h1-23,29-32,39-40,49H,24-28H2/i1D,2D,8D,9D,29D,30D. The molecule has 0 aliphatic heterocycles. The Hall–Kier alpha value is -5.66. The minimum atomic E-state index is -0.428. The van der Waals surface area contributed by atoms with Crippen molar-refractivity contribution in [2.45, 2.75) is 38.0 Å². The van der Waals surface area contributed by atoms with Gasteiger partial charge < -0.3 is 4.42 Å². The van der Waals surface area contributed by atoms with Crippen LogP contribution in [-0.4, -0.2) is 0 Å². The van der Waals surface area contributed by atoms with Gasteiger partial charge in [0, 0.05) is 16.3 Å². The number of hydrogen-bond donors (Lipinski definition) is 0. The summed E-state index contributed by atoms with van der Waals surface area (Å²) in [7, 11) is 0. The Balaban J connectivity index is 0.968. The van der Waals surface area contributed by atoms with E-state index in [1.165, 1.54) is 75.9 Å². The highest BCUT2D eigenvalue weighted by molar-refractivity contribution is 6.21. The molecule has 1 nitrogen and oxygen atoms in total. The third-order valence-electron chi connectivity index (χ3n) is 13.1. The van der Waals surface area contributed by atoms with Crippen LogP contribution < -0.4 is 0 Å². The number of benzene rings is 8. The van der Waals surface area contributed by atoms with Gasteiger partial charge in [0.2, 0.25) is 0 Å². The molecule has 4 bridgehead atoms. The summed E-state index contributed by atoms with van der Waals surface area (Å²) in [6, 6.07) is 39.7. The first-order valence-electron chi connectivity index (χ1n) is 22.2. The first-order chi connectivity index (χ1) is 28.7. The Morgan fingerprint density at radius 2 is 0.981 bits per heavy atom. The fourth-order valence-electron chi connectivity index (χ4n) is 11.2. The van der Waals surface area contributed by atoms with Crippen molar-refractivity contribution in [1.29, 1.82) is 0 Å². The van der Waals surface area contributed by atoms with Crippen LogP contribution in [0.4, 0.5) is 0 Å². The average Bonchev–Trinajstić information content (AvgIpc) is 3.66. The molecular weight excluding hydrogens is 641 g/mol. The van der Waals surface area contributed by atoms with E-state index in [-0.39, 0.29) is 40.5 Å². The lowest BCUT2D eigenvalue weighted by atomic mass is 9.51. The maximum atomic E-state index is 9.12. The zero-order chi connectivity index (χ0) is 39.8. The molecular formula is C52H40O. The molecule has 4 aliphatic carbocycles.